The van der Waals surface area contributed by atoms with Crippen molar-refractivity contribution in [2.45, 2.75) is 26.2 Å². The van der Waals surface area contributed by atoms with Crippen LogP contribution in [0.4, 0.5) is 16.2 Å². The molecule has 2 aromatic rings. The Morgan fingerprint density at radius 3 is 2.55 bits per heavy atom. The molecule has 0 saturated carbocycles. The summed E-state index contributed by atoms with van der Waals surface area (Å²) in [5, 5.41) is 5.97. The molecule has 1 aliphatic rings. The minimum Gasteiger partial charge on any atom is -0.351 e. The van der Waals surface area contributed by atoms with Crippen LogP contribution in [0, 0.1) is 0 Å². The lowest BCUT2D eigenvalue weighted by Crippen LogP contribution is -2.43. The Hall–Kier alpha value is -2.61. The number of para-hydroxylation sites is 1. The zero-order valence-electron chi connectivity index (χ0n) is 16.4. The first-order valence-corrected chi connectivity index (χ1v) is 9.87. The standard InChI is InChI=1S/C21H24ClN3O4/c1-3-28-18(29-4-2)13-25-17-11-6-5-10-16(17)19(20(25)26)24-21(27)23-15-9-7-8-14(22)12-15/h5-12,18-19H,3-4,13H2,1-2H3,(H2,23,24,27)/t19-/m0/s1. The van der Waals surface area contributed by atoms with Crippen molar-refractivity contribution in [3.63, 3.8) is 0 Å². The van der Waals surface area contributed by atoms with E-state index in [-0.39, 0.29) is 12.5 Å². The number of amides is 3. The molecule has 3 amide bonds. The van der Waals surface area contributed by atoms with Gasteiger partial charge in [0.25, 0.3) is 5.91 Å². The Morgan fingerprint density at radius 1 is 1.14 bits per heavy atom. The number of hydrogen-bond acceptors (Lipinski definition) is 4. The summed E-state index contributed by atoms with van der Waals surface area (Å²) >= 11 is 5.95. The van der Waals surface area contributed by atoms with E-state index in [1.165, 1.54) is 0 Å². The van der Waals surface area contributed by atoms with Crippen LogP contribution < -0.4 is 15.5 Å². The molecule has 154 valence electrons. The first-order valence-electron chi connectivity index (χ1n) is 9.50. The highest BCUT2D eigenvalue weighted by atomic mass is 35.5. The monoisotopic (exact) mass is 417 g/mol. The van der Waals surface area contributed by atoms with Crippen LogP contribution in [0.25, 0.3) is 0 Å². The molecular formula is C21H24ClN3O4. The summed E-state index contributed by atoms with van der Waals surface area (Å²) < 4.78 is 11.2. The highest BCUT2D eigenvalue weighted by Gasteiger charge is 2.39. The largest absolute Gasteiger partial charge is 0.351 e. The lowest BCUT2D eigenvalue weighted by atomic mass is 10.1. The van der Waals surface area contributed by atoms with Crippen LogP contribution in [0.15, 0.2) is 48.5 Å². The number of ether oxygens (including phenoxy) is 2. The van der Waals surface area contributed by atoms with Gasteiger partial charge in [0.05, 0.1) is 6.54 Å². The third-order valence-electron chi connectivity index (χ3n) is 4.45. The van der Waals surface area contributed by atoms with E-state index in [4.69, 9.17) is 21.1 Å². The molecule has 0 spiro atoms. The third-order valence-corrected chi connectivity index (χ3v) is 4.68. The molecule has 0 aliphatic carbocycles. The quantitative estimate of drug-likeness (QED) is 0.637. The average molecular weight is 418 g/mol. The Labute approximate surface area is 174 Å². The summed E-state index contributed by atoms with van der Waals surface area (Å²) in [4.78, 5) is 27.2. The molecule has 0 bridgehead atoms. The molecule has 0 aromatic heterocycles. The van der Waals surface area contributed by atoms with Gasteiger partial charge in [0.1, 0.15) is 6.04 Å². The number of halogens is 1. The normalized spacial score (nSPS) is 15.5. The van der Waals surface area contributed by atoms with Gasteiger partial charge >= 0.3 is 6.03 Å². The molecule has 3 rings (SSSR count). The van der Waals surface area contributed by atoms with E-state index in [1.807, 2.05) is 38.1 Å². The Kier molecular flexibility index (Phi) is 7.09. The van der Waals surface area contributed by atoms with Gasteiger partial charge in [-0.15, -0.1) is 0 Å². The van der Waals surface area contributed by atoms with E-state index >= 15 is 0 Å². The fourth-order valence-electron chi connectivity index (χ4n) is 3.25. The number of nitrogens with zero attached hydrogens (tertiary/aromatic N) is 1. The molecule has 8 heteroatoms. The molecule has 2 N–H and O–H groups in total. The molecule has 1 heterocycles. The van der Waals surface area contributed by atoms with Gasteiger partial charge in [-0.1, -0.05) is 35.9 Å². The van der Waals surface area contributed by atoms with Crippen LogP contribution in [0.5, 0.6) is 0 Å². The lowest BCUT2D eigenvalue weighted by Gasteiger charge is -2.24. The van der Waals surface area contributed by atoms with Gasteiger partial charge < -0.3 is 25.0 Å². The van der Waals surface area contributed by atoms with Crippen molar-refractivity contribution in [3.8, 4) is 0 Å². The number of hydrogen-bond donors (Lipinski definition) is 2. The molecular weight excluding hydrogens is 394 g/mol. The van der Waals surface area contributed by atoms with E-state index < -0.39 is 18.4 Å². The van der Waals surface area contributed by atoms with Gasteiger partial charge in [-0.3, -0.25) is 4.79 Å². The number of nitrogens with one attached hydrogen (secondary N) is 2. The predicted molar refractivity (Wildman–Crippen MR) is 112 cm³/mol. The molecule has 0 fully saturated rings. The molecule has 1 atom stereocenters. The van der Waals surface area contributed by atoms with Gasteiger partial charge in [0, 0.05) is 35.2 Å². The van der Waals surface area contributed by atoms with Crippen molar-refractivity contribution in [3.05, 3.63) is 59.1 Å². The molecule has 1 aliphatic heterocycles. The summed E-state index contributed by atoms with van der Waals surface area (Å²) in [6.45, 7) is 4.92. The summed E-state index contributed by atoms with van der Waals surface area (Å²) in [6, 6.07) is 12.9. The van der Waals surface area contributed by atoms with E-state index in [9.17, 15) is 9.59 Å². The smallest absolute Gasteiger partial charge is 0.320 e. The van der Waals surface area contributed by atoms with Gasteiger partial charge in [0.15, 0.2) is 6.29 Å². The fraction of sp³-hybridized carbons (Fsp3) is 0.333. The number of anilines is 2. The highest BCUT2D eigenvalue weighted by Crippen LogP contribution is 2.36. The Morgan fingerprint density at radius 2 is 1.86 bits per heavy atom. The van der Waals surface area contributed by atoms with Crippen LogP contribution in [0.2, 0.25) is 5.02 Å². The molecule has 0 radical (unpaired) electrons. The van der Waals surface area contributed by atoms with Crippen molar-refractivity contribution in [2.75, 3.05) is 30.0 Å². The fourth-order valence-corrected chi connectivity index (χ4v) is 3.44. The van der Waals surface area contributed by atoms with Crippen molar-refractivity contribution < 1.29 is 19.1 Å². The van der Waals surface area contributed by atoms with E-state index in [1.54, 1.807) is 29.2 Å². The first kappa shape index (κ1) is 21.1. The van der Waals surface area contributed by atoms with Crippen molar-refractivity contribution >= 4 is 34.9 Å². The maximum Gasteiger partial charge on any atom is 0.320 e. The van der Waals surface area contributed by atoms with Crippen LogP contribution in [0.3, 0.4) is 0 Å². The van der Waals surface area contributed by atoms with Gasteiger partial charge in [-0.25, -0.2) is 4.79 Å². The minimum absolute atomic E-state index is 0.239. The van der Waals surface area contributed by atoms with Crippen LogP contribution in [-0.2, 0) is 14.3 Å². The number of carbonyl (C=O) groups excluding carboxylic acids is 2. The number of carbonyl (C=O) groups is 2. The van der Waals surface area contributed by atoms with Gasteiger partial charge in [-0.05, 0) is 38.1 Å². The SMILES string of the molecule is CCOC(CN1C(=O)[C@@H](NC(=O)Nc2cccc(Cl)c2)c2ccccc21)OCC. The maximum absolute atomic E-state index is 13.1. The molecule has 29 heavy (non-hydrogen) atoms. The number of urea groups is 1. The van der Waals surface area contributed by atoms with E-state index in [0.717, 1.165) is 11.3 Å². The highest BCUT2D eigenvalue weighted by molar-refractivity contribution is 6.30. The summed E-state index contributed by atoms with van der Waals surface area (Å²) in [5.74, 6) is -0.239. The predicted octanol–water partition coefficient (Wildman–Crippen LogP) is 3.95. The molecule has 2 aromatic carbocycles. The Bertz CT molecular complexity index is 871. The van der Waals surface area contributed by atoms with E-state index in [0.29, 0.717) is 23.9 Å². The van der Waals surface area contributed by atoms with Crippen LogP contribution in [-0.4, -0.2) is 38.0 Å². The van der Waals surface area contributed by atoms with Crippen LogP contribution in [0.1, 0.15) is 25.5 Å². The second-order valence-corrected chi connectivity index (χ2v) is 6.83. The van der Waals surface area contributed by atoms with Gasteiger partial charge in [-0.2, -0.15) is 0 Å². The van der Waals surface area contributed by atoms with Crippen LogP contribution >= 0.6 is 11.6 Å². The molecule has 7 nitrogen and oxygen atoms in total. The number of rotatable bonds is 8. The Balaban J connectivity index is 1.75. The second-order valence-electron chi connectivity index (χ2n) is 6.39. The molecule has 0 unspecified atom stereocenters. The number of fused-ring (bicyclic) bond motifs is 1. The zero-order valence-corrected chi connectivity index (χ0v) is 17.1. The topological polar surface area (TPSA) is 79.9 Å². The summed E-state index contributed by atoms with van der Waals surface area (Å²) in [6.07, 6.45) is -0.541. The molecule has 0 saturated heterocycles. The maximum atomic E-state index is 13.1. The van der Waals surface area contributed by atoms with Crippen molar-refractivity contribution in [1.82, 2.24) is 5.32 Å². The summed E-state index contributed by atoms with van der Waals surface area (Å²) in [7, 11) is 0. The number of benzene rings is 2. The second kappa shape index (κ2) is 9.73. The third kappa shape index (κ3) is 5.06. The first-order chi connectivity index (χ1) is 14.0. The average Bonchev–Trinajstić information content (AvgIpc) is 2.94. The minimum atomic E-state index is -0.797. The van der Waals surface area contributed by atoms with Crippen molar-refractivity contribution in [2.24, 2.45) is 0 Å². The zero-order chi connectivity index (χ0) is 20.8. The van der Waals surface area contributed by atoms with E-state index in [2.05, 4.69) is 10.6 Å². The van der Waals surface area contributed by atoms with Crippen molar-refractivity contribution in [1.29, 1.82) is 0 Å². The lowest BCUT2D eigenvalue weighted by molar-refractivity contribution is -0.135. The summed E-state index contributed by atoms with van der Waals surface area (Å²) in [5.41, 5.74) is 2.00. The van der Waals surface area contributed by atoms with Gasteiger partial charge in [0.2, 0.25) is 0 Å².